The van der Waals surface area contributed by atoms with E-state index in [1.54, 1.807) is 14.2 Å². The minimum absolute atomic E-state index is 0. The van der Waals surface area contributed by atoms with Crippen LogP contribution in [0.15, 0.2) is 35.5 Å². The first kappa shape index (κ1) is 28.2. The molecule has 0 aliphatic heterocycles. The predicted molar refractivity (Wildman–Crippen MR) is 152 cm³/mol. The summed E-state index contributed by atoms with van der Waals surface area (Å²) in [5.41, 5.74) is 5.49. The van der Waals surface area contributed by atoms with Crippen LogP contribution in [-0.2, 0) is 4.84 Å². The third-order valence-electron chi connectivity index (χ3n) is 6.39. The maximum atomic E-state index is 6.02. The second-order valence-corrected chi connectivity index (χ2v) is 9.18. The lowest BCUT2D eigenvalue weighted by Crippen LogP contribution is -2.19. The zero-order valence-electron chi connectivity index (χ0n) is 22.2. The Balaban J connectivity index is 0.00000380. The zero-order chi connectivity index (χ0) is 25.7. The van der Waals surface area contributed by atoms with Crippen molar-refractivity contribution in [1.82, 2.24) is 9.88 Å². The van der Waals surface area contributed by atoms with Crippen molar-refractivity contribution in [3.8, 4) is 40.8 Å². The van der Waals surface area contributed by atoms with Gasteiger partial charge in [-0.25, -0.2) is 0 Å². The van der Waals surface area contributed by atoms with Crippen LogP contribution in [0.2, 0.25) is 0 Å². The van der Waals surface area contributed by atoms with E-state index in [4.69, 9.17) is 25.5 Å². The molecule has 1 N–H and O–H groups in total. The second-order valence-electron chi connectivity index (χ2n) is 9.18. The number of ether oxygens (including phenoxy) is 3. The van der Waals surface area contributed by atoms with E-state index in [0.717, 1.165) is 71.3 Å². The molecule has 8 heteroatoms. The minimum Gasteiger partial charge on any atom is -0.493 e. The molecule has 37 heavy (non-hydrogen) atoms. The van der Waals surface area contributed by atoms with Gasteiger partial charge in [0.1, 0.15) is 18.1 Å². The lowest BCUT2D eigenvalue weighted by atomic mass is 10.1. The fourth-order valence-corrected chi connectivity index (χ4v) is 4.43. The molecule has 1 heterocycles. The van der Waals surface area contributed by atoms with E-state index in [1.807, 2.05) is 38.4 Å². The first-order valence-electron chi connectivity index (χ1n) is 12.4. The molecule has 0 amide bonds. The van der Waals surface area contributed by atoms with E-state index < -0.39 is 0 Å². The van der Waals surface area contributed by atoms with E-state index in [9.17, 15) is 0 Å². The average Bonchev–Trinajstić information content (AvgIpc) is 3.39. The van der Waals surface area contributed by atoms with Crippen molar-refractivity contribution >= 4 is 29.0 Å². The molecule has 1 aromatic heterocycles. The number of nitrogens with one attached hydrogen (secondary N) is 1. The Hall–Kier alpha value is -3.34. The molecule has 1 atom stereocenters. The first-order valence-corrected chi connectivity index (χ1v) is 12.4. The molecular formula is C29H36ClN3O4. The molecule has 1 aliphatic rings. The molecule has 0 saturated heterocycles. The van der Waals surface area contributed by atoms with Crippen molar-refractivity contribution in [2.75, 3.05) is 41.5 Å². The summed E-state index contributed by atoms with van der Waals surface area (Å²) in [5.74, 6) is 4.82. The van der Waals surface area contributed by atoms with Crippen LogP contribution in [0, 0.1) is 12.3 Å². The van der Waals surface area contributed by atoms with Gasteiger partial charge in [0.25, 0.3) is 0 Å². The van der Waals surface area contributed by atoms with Crippen molar-refractivity contribution < 1.29 is 19.0 Å². The number of nitrogens with zero attached hydrogens (tertiary/aromatic N) is 2. The van der Waals surface area contributed by atoms with Gasteiger partial charge in [0.15, 0.2) is 17.6 Å². The summed E-state index contributed by atoms with van der Waals surface area (Å²) in [6.45, 7) is 3.60. The Morgan fingerprint density at radius 1 is 1.05 bits per heavy atom. The molecule has 0 radical (unpaired) electrons. The van der Waals surface area contributed by atoms with Crippen LogP contribution in [0.1, 0.15) is 43.7 Å². The number of terminal acetylenes is 1. The van der Waals surface area contributed by atoms with Crippen LogP contribution in [0.3, 0.4) is 0 Å². The second kappa shape index (κ2) is 12.8. The maximum absolute atomic E-state index is 6.02. The van der Waals surface area contributed by atoms with Gasteiger partial charge in [-0.05, 0) is 57.3 Å². The van der Waals surface area contributed by atoms with Crippen LogP contribution < -0.4 is 14.2 Å². The predicted octanol–water partition coefficient (Wildman–Crippen LogP) is 5.88. The van der Waals surface area contributed by atoms with Gasteiger partial charge < -0.3 is 28.9 Å². The Morgan fingerprint density at radius 2 is 1.78 bits per heavy atom. The number of unbranched alkanes of at least 4 members (excludes halogenated alkanes) is 2. The highest BCUT2D eigenvalue weighted by Gasteiger charge is 2.32. The van der Waals surface area contributed by atoms with Gasteiger partial charge in [0.05, 0.1) is 19.9 Å². The molecule has 4 rings (SSSR count). The highest BCUT2D eigenvalue weighted by molar-refractivity contribution is 6.30. The van der Waals surface area contributed by atoms with Gasteiger partial charge in [-0.2, -0.15) is 0 Å². The van der Waals surface area contributed by atoms with Gasteiger partial charge in [0.2, 0.25) is 0 Å². The molecule has 0 saturated carbocycles. The maximum Gasteiger partial charge on any atom is 0.187 e. The van der Waals surface area contributed by atoms with Crippen molar-refractivity contribution in [3.63, 3.8) is 0 Å². The topological polar surface area (TPSA) is 68.3 Å². The number of hydrogen-bond acceptors (Lipinski definition) is 6. The molecule has 0 unspecified atom stereocenters. The van der Waals surface area contributed by atoms with Crippen LogP contribution in [0.25, 0.3) is 22.2 Å². The van der Waals surface area contributed by atoms with Crippen LogP contribution >= 0.6 is 12.4 Å². The smallest absolute Gasteiger partial charge is 0.187 e. The molecule has 0 spiro atoms. The Bertz CT molecular complexity index is 1290. The van der Waals surface area contributed by atoms with E-state index in [-0.39, 0.29) is 18.5 Å². The summed E-state index contributed by atoms with van der Waals surface area (Å²) in [5, 5.41) is 5.64. The van der Waals surface area contributed by atoms with Gasteiger partial charge in [-0.1, -0.05) is 30.8 Å². The monoisotopic (exact) mass is 525 g/mol. The number of halogens is 1. The standard InChI is InChI=1S/C29H35N3O4.ClH/c1-7-9-10-11-19(8-2)36-31-29-22-18-26(34-6)25(33-5)17-21(22)28-27(29)23-16-20(12-13-24(23)30-28)35-15-14-32(3)4;/h2,12-13,16-19,30H,7,9-11,14-15H2,1,3-6H3;1H/b31-29-;/t19-;/m1./s1. The SMILES string of the molecule is C#C[C@H](CCCCC)O/N=C1/c2cc(OC)c(OC)cc2-c2[nH]c3ccc(OCCN(C)C)cc3c21.Cl. The first-order chi connectivity index (χ1) is 17.5. The fourth-order valence-electron chi connectivity index (χ4n) is 4.43. The normalized spacial score (nSPS) is 13.6. The Kier molecular flexibility index (Phi) is 9.73. The minimum atomic E-state index is -0.383. The van der Waals surface area contributed by atoms with E-state index in [0.29, 0.717) is 23.8 Å². The number of H-pyrrole nitrogens is 1. The summed E-state index contributed by atoms with van der Waals surface area (Å²) >= 11 is 0. The Morgan fingerprint density at radius 3 is 2.43 bits per heavy atom. The lowest BCUT2D eigenvalue weighted by molar-refractivity contribution is 0.0916. The van der Waals surface area contributed by atoms with Gasteiger partial charge in [-0.3, -0.25) is 0 Å². The van der Waals surface area contributed by atoms with Crippen molar-refractivity contribution in [2.45, 2.75) is 38.7 Å². The summed E-state index contributed by atoms with van der Waals surface area (Å²) < 4.78 is 17.2. The quantitative estimate of drug-likeness (QED) is 0.142. The van der Waals surface area contributed by atoms with Crippen molar-refractivity contribution in [1.29, 1.82) is 0 Å². The van der Waals surface area contributed by atoms with Gasteiger partial charge in [-0.15, -0.1) is 18.8 Å². The number of likely N-dealkylation sites (N-methyl/N-ethyl adjacent to an activating group) is 1. The molecule has 7 nitrogen and oxygen atoms in total. The van der Waals surface area contributed by atoms with Gasteiger partial charge in [0, 0.05) is 34.1 Å². The van der Waals surface area contributed by atoms with Crippen LogP contribution in [0.5, 0.6) is 17.2 Å². The van der Waals surface area contributed by atoms with Crippen LogP contribution in [-0.4, -0.2) is 63.2 Å². The lowest BCUT2D eigenvalue weighted by Gasteiger charge is -2.13. The number of fused-ring (bicyclic) bond motifs is 5. The highest BCUT2D eigenvalue weighted by atomic mass is 35.5. The Labute approximate surface area is 225 Å². The average molecular weight is 526 g/mol. The van der Waals surface area contributed by atoms with E-state index in [2.05, 4.69) is 34.0 Å². The van der Waals surface area contributed by atoms with Crippen molar-refractivity contribution in [3.05, 3.63) is 41.5 Å². The zero-order valence-corrected chi connectivity index (χ0v) is 23.0. The highest BCUT2D eigenvalue weighted by Crippen LogP contribution is 2.46. The van der Waals surface area contributed by atoms with E-state index >= 15 is 0 Å². The molecule has 0 fully saturated rings. The summed E-state index contributed by atoms with van der Waals surface area (Å²) in [4.78, 5) is 11.6. The third-order valence-corrected chi connectivity index (χ3v) is 6.39. The largest absolute Gasteiger partial charge is 0.493 e. The molecular weight excluding hydrogens is 490 g/mol. The number of hydrogen-bond donors (Lipinski definition) is 1. The van der Waals surface area contributed by atoms with Crippen molar-refractivity contribution in [2.24, 2.45) is 5.16 Å². The fraction of sp³-hybridized carbons (Fsp3) is 0.414. The summed E-state index contributed by atoms with van der Waals surface area (Å²) in [7, 11) is 7.31. The summed E-state index contributed by atoms with van der Waals surface area (Å²) in [6, 6.07) is 9.98. The van der Waals surface area contributed by atoms with Gasteiger partial charge >= 0.3 is 0 Å². The number of methoxy groups -OCH3 is 2. The molecule has 1 aliphatic carbocycles. The molecule has 3 aromatic rings. The number of rotatable bonds is 12. The van der Waals surface area contributed by atoms with Crippen LogP contribution in [0.4, 0.5) is 0 Å². The number of benzene rings is 2. The third kappa shape index (κ3) is 5.98. The molecule has 198 valence electrons. The number of aromatic nitrogens is 1. The summed E-state index contributed by atoms with van der Waals surface area (Å²) in [6.07, 6.45) is 9.39. The number of oxime groups is 1. The van der Waals surface area contributed by atoms with E-state index in [1.165, 1.54) is 0 Å². The molecule has 2 aromatic carbocycles. The molecule has 0 bridgehead atoms. The number of aromatic amines is 1.